The van der Waals surface area contributed by atoms with Gasteiger partial charge in [-0.2, -0.15) is 5.10 Å². The van der Waals surface area contributed by atoms with Crippen molar-refractivity contribution in [1.82, 2.24) is 14.8 Å². The van der Waals surface area contributed by atoms with Crippen molar-refractivity contribution >= 4 is 16.7 Å². The highest BCUT2D eigenvalue weighted by Crippen LogP contribution is 2.65. The molecule has 0 saturated heterocycles. The molecule has 4 aliphatic carbocycles. The molecule has 2 aromatic heterocycles. The lowest BCUT2D eigenvalue weighted by atomic mass is 9.49. The van der Waals surface area contributed by atoms with Gasteiger partial charge in [-0.1, -0.05) is 6.92 Å². The van der Waals surface area contributed by atoms with Crippen LogP contribution in [0.15, 0.2) is 24.7 Å². The monoisotopic (exact) mass is 467 g/mol. The summed E-state index contributed by atoms with van der Waals surface area (Å²) in [4.78, 5) is 17.3. The Kier molecular flexibility index (Phi) is 5.58. The first-order valence-corrected chi connectivity index (χ1v) is 13.5. The first kappa shape index (κ1) is 22.6. The molecule has 2 aromatic rings. The lowest BCUT2D eigenvalue weighted by Gasteiger charge is -2.57. The van der Waals surface area contributed by atoms with Gasteiger partial charge in [0.1, 0.15) is 13.2 Å². The lowest BCUT2D eigenvalue weighted by Crippen LogP contribution is -2.51. The summed E-state index contributed by atoms with van der Waals surface area (Å²) in [6, 6.07) is 1.93. The van der Waals surface area contributed by atoms with Crippen LogP contribution in [0.5, 0.6) is 0 Å². The summed E-state index contributed by atoms with van der Waals surface area (Å²) in [5.41, 5.74) is 0.119. The van der Waals surface area contributed by atoms with Crippen molar-refractivity contribution in [2.75, 3.05) is 6.67 Å². The SMILES string of the molecule is C[C@]12CC[C@H]3[C@@H](CC[C@@H]4C[C@@](O)(CF)CC[C@@H]43)[C@@H]1CC[C@@H]2CC(=O)Cn1ncc2ccncc21. The summed E-state index contributed by atoms with van der Waals surface area (Å²) in [6.07, 6.45) is 15.5. The van der Waals surface area contributed by atoms with Crippen LogP contribution in [0.25, 0.3) is 10.9 Å². The molecule has 8 atom stereocenters. The van der Waals surface area contributed by atoms with Crippen LogP contribution in [0.4, 0.5) is 4.39 Å². The number of fused-ring (bicyclic) bond motifs is 6. The van der Waals surface area contributed by atoms with Crippen LogP contribution in [0.1, 0.15) is 71.1 Å². The number of hydrogen-bond donors (Lipinski definition) is 1. The lowest BCUT2D eigenvalue weighted by molar-refractivity contribution is -0.124. The van der Waals surface area contributed by atoms with Crippen molar-refractivity contribution in [2.24, 2.45) is 40.9 Å². The number of alkyl halides is 1. The second kappa shape index (κ2) is 8.39. The second-order valence-electron chi connectivity index (χ2n) is 12.3. The second-order valence-corrected chi connectivity index (χ2v) is 12.3. The molecule has 0 bridgehead atoms. The third-order valence-electron chi connectivity index (χ3n) is 10.8. The average molecular weight is 468 g/mol. The van der Waals surface area contributed by atoms with E-state index < -0.39 is 12.3 Å². The number of carbonyl (C=O) groups excluding carboxylic acids is 1. The molecule has 4 fully saturated rings. The van der Waals surface area contributed by atoms with Crippen molar-refractivity contribution in [1.29, 1.82) is 0 Å². The van der Waals surface area contributed by atoms with E-state index in [1.165, 1.54) is 25.7 Å². The fourth-order valence-corrected chi connectivity index (χ4v) is 9.08. The maximum Gasteiger partial charge on any atom is 0.154 e. The number of carbonyl (C=O) groups is 1. The average Bonchev–Trinajstić information content (AvgIpc) is 3.39. The maximum absolute atomic E-state index is 13.4. The molecule has 4 aliphatic rings. The van der Waals surface area contributed by atoms with Crippen molar-refractivity contribution in [2.45, 2.75) is 83.3 Å². The van der Waals surface area contributed by atoms with E-state index in [2.05, 4.69) is 17.0 Å². The zero-order valence-corrected chi connectivity index (χ0v) is 20.3. The van der Waals surface area contributed by atoms with E-state index in [1.54, 1.807) is 17.1 Å². The number of pyridine rings is 1. The van der Waals surface area contributed by atoms with Crippen molar-refractivity contribution < 1.29 is 14.3 Å². The molecule has 184 valence electrons. The zero-order chi connectivity index (χ0) is 23.5. The number of ketones is 1. The molecule has 0 radical (unpaired) electrons. The molecular weight excluding hydrogens is 429 g/mol. The van der Waals surface area contributed by atoms with Gasteiger partial charge in [-0.15, -0.1) is 0 Å². The molecule has 0 amide bonds. The maximum atomic E-state index is 13.4. The van der Waals surface area contributed by atoms with Gasteiger partial charge in [0, 0.05) is 18.0 Å². The van der Waals surface area contributed by atoms with E-state index in [4.69, 9.17) is 0 Å². The van der Waals surface area contributed by atoms with Gasteiger partial charge in [0.25, 0.3) is 0 Å². The predicted octanol–water partition coefficient (Wildman–Crippen LogP) is 5.36. The van der Waals surface area contributed by atoms with E-state index in [0.717, 1.165) is 42.0 Å². The molecule has 2 heterocycles. The van der Waals surface area contributed by atoms with Gasteiger partial charge in [-0.3, -0.25) is 14.5 Å². The Balaban J connectivity index is 1.13. The van der Waals surface area contributed by atoms with E-state index in [1.807, 2.05) is 12.3 Å². The van der Waals surface area contributed by atoms with Crippen molar-refractivity contribution in [3.63, 3.8) is 0 Å². The van der Waals surface area contributed by atoms with Gasteiger partial charge in [-0.05, 0) is 105 Å². The molecule has 4 saturated carbocycles. The van der Waals surface area contributed by atoms with E-state index >= 15 is 0 Å². The molecule has 0 aromatic carbocycles. The molecule has 34 heavy (non-hydrogen) atoms. The summed E-state index contributed by atoms with van der Waals surface area (Å²) in [5, 5.41) is 16.0. The summed E-state index contributed by atoms with van der Waals surface area (Å²) in [5.74, 6) is 4.10. The smallest absolute Gasteiger partial charge is 0.154 e. The molecule has 5 nitrogen and oxygen atoms in total. The van der Waals surface area contributed by atoms with Gasteiger partial charge in [0.15, 0.2) is 5.78 Å². The minimum Gasteiger partial charge on any atom is -0.387 e. The standard InChI is InChI=1S/C28H38FN3O2/c1-27-9-6-23-22-7-10-28(34,17-29)13-18(22)2-4-24(23)25(27)5-3-20(27)12-21(33)16-32-26-15-30-11-8-19(26)14-31-32/h8,11,14-15,18,20,22-25,34H,2-7,9-10,12-13,16-17H2,1H3/t18-,20-,22+,23-,24-,25+,27-,28-/m1/s1. The van der Waals surface area contributed by atoms with Crippen LogP contribution in [-0.2, 0) is 11.3 Å². The Labute approximate surface area is 201 Å². The van der Waals surface area contributed by atoms with Crippen molar-refractivity contribution in [3.8, 4) is 0 Å². The molecule has 0 spiro atoms. The third kappa shape index (κ3) is 3.63. The fraction of sp³-hybridized carbons (Fsp3) is 0.750. The van der Waals surface area contributed by atoms with Crippen molar-refractivity contribution in [3.05, 3.63) is 24.7 Å². The van der Waals surface area contributed by atoms with E-state index in [0.29, 0.717) is 49.5 Å². The van der Waals surface area contributed by atoms with Crippen LogP contribution in [0, 0.1) is 40.9 Å². The molecule has 6 heteroatoms. The minimum absolute atomic E-state index is 0.256. The van der Waals surface area contributed by atoms with Gasteiger partial charge in [0.2, 0.25) is 0 Å². The molecule has 6 rings (SSSR count). The van der Waals surface area contributed by atoms with E-state index in [-0.39, 0.29) is 11.2 Å². The van der Waals surface area contributed by atoms with Crippen LogP contribution < -0.4 is 0 Å². The summed E-state index contributed by atoms with van der Waals surface area (Å²) >= 11 is 0. The number of aromatic nitrogens is 3. The van der Waals surface area contributed by atoms with E-state index in [9.17, 15) is 14.3 Å². The number of halogens is 1. The highest BCUT2D eigenvalue weighted by Gasteiger charge is 2.57. The third-order valence-corrected chi connectivity index (χ3v) is 10.8. The van der Waals surface area contributed by atoms with Crippen LogP contribution in [-0.4, -0.2) is 37.9 Å². The highest BCUT2D eigenvalue weighted by molar-refractivity contribution is 5.82. The Morgan fingerprint density at radius 1 is 1.12 bits per heavy atom. The predicted molar refractivity (Wildman–Crippen MR) is 129 cm³/mol. The molecular formula is C28H38FN3O2. The fourth-order valence-electron chi connectivity index (χ4n) is 9.08. The van der Waals surface area contributed by atoms with Crippen LogP contribution >= 0.6 is 0 Å². The van der Waals surface area contributed by atoms with Gasteiger partial charge >= 0.3 is 0 Å². The minimum atomic E-state index is -1.06. The zero-order valence-electron chi connectivity index (χ0n) is 20.3. The van der Waals surface area contributed by atoms with Gasteiger partial charge in [-0.25, -0.2) is 4.39 Å². The summed E-state index contributed by atoms with van der Waals surface area (Å²) in [7, 11) is 0. The quantitative estimate of drug-likeness (QED) is 0.643. The number of Topliss-reactive ketones (excluding diaryl/α,β-unsaturated/α-hetero) is 1. The summed E-state index contributed by atoms with van der Waals surface area (Å²) < 4.78 is 15.2. The number of nitrogens with zero attached hydrogens (tertiary/aromatic N) is 3. The first-order valence-electron chi connectivity index (χ1n) is 13.5. The van der Waals surface area contributed by atoms with Crippen LogP contribution in [0.3, 0.4) is 0 Å². The summed E-state index contributed by atoms with van der Waals surface area (Å²) in [6.45, 7) is 2.21. The van der Waals surface area contributed by atoms with Crippen LogP contribution in [0.2, 0.25) is 0 Å². The Morgan fingerprint density at radius 2 is 1.97 bits per heavy atom. The van der Waals surface area contributed by atoms with Gasteiger partial charge < -0.3 is 5.11 Å². The van der Waals surface area contributed by atoms with Gasteiger partial charge in [0.05, 0.1) is 23.5 Å². The highest BCUT2D eigenvalue weighted by atomic mass is 19.1. The normalized spacial score (nSPS) is 41.6. The first-order chi connectivity index (χ1) is 16.4. The molecule has 1 N–H and O–H groups in total. The number of aliphatic hydroxyl groups is 1. The largest absolute Gasteiger partial charge is 0.387 e. The molecule has 0 aliphatic heterocycles. The topological polar surface area (TPSA) is 68.0 Å². The Hall–Kier alpha value is -1.82. The molecule has 0 unspecified atom stereocenters. The number of rotatable bonds is 5. The Morgan fingerprint density at radius 3 is 2.82 bits per heavy atom. The Bertz CT molecular complexity index is 1070. The number of hydrogen-bond acceptors (Lipinski definition) is 4.